The lowest BCUT2D eigenvalue weighted by Crippen LogP contribution is -2.25. The third kappa shape index (κ3) is 6.24. The van der Waals surface area contributed by atoms with Gasteiger partial charge in [-0.15, -0.1) is 0 Å². The Hall–Kier alpha value is -2.06. The molecule has 0 amide bonds. The number of hydrogen-bond acceptors (Lipinski definition) is 2. The van der Waals surface area contributed by atoms with Crippen LogP contribution in [0, 0.1) is 46.3 Å². The van der Waals surface area contributed by atoms with Crippen molar-refractivity contribution in [1.82, 2.24) is 0 Å². The van der Waals surface area contributed by atoms with Gasteiger partial charge in [0, 0.05) is 6.08 Å². The predicted molar refractivity (Wildman–Crippen MR) is 114 cm³/mol. The lowest BCUT2D eigenvalue weighted by molar-refractivity contribution is 0.151. The highest BCUT2D eigenvalue weighted by Gasteiger charge is 2.30. The maximum atomic E-state index is 8.87. The second-order valence-electron chi connectivity index (χ2n) is 9.00. The molecule has 0 spiro atoms. The predicted octanol–water partition coefficient (Wildman–Crippen LogP) is 6.96. The van der Waals surface area contributed by atoms with Crippen molar-refractivity contribution in [3.8, 4) is 12.1 Å². The van der Waals surface area contributed by atoms with Crippen molar-refractivity contribution in [3.63, 3.8) is 0 Å². The van der Waals surface area contributed by atoms with Crippen LogP contribution < -0.4 is 0 Å². The molecule has 1 aromatic rings. The first-order valence-corrected chi connectivity index (χ1v) is 11.3. The van der Waals surface area contributed by atoms with Crippen LogP contribution in [-0.4, -0.2) is 0 Å². The van der Waals surface area contributed by atoms with E-state index in [0.717, 1.165) is 29.7 Å². The number of nitrogens with zero attached hydrogens (tertiary/aromatic N) is 2. The van der Waals surface area contributed by atoms with Crippen LogP contribution in [0.5, 0.6) is 0 Å². The zero-order chi connectivity index (χ0) is 19.6. The van der Waals surface area contributed by atoms with E-state index in [4.69, 9.17) is 10.5 Å². The van der Waals surface area contributed by atoms with Gasteiger partial charge in [0.1, 0.15) is 0 Å². The number of unbranched alkanes of at least 4 members (excludes halogenated alkanes) is 1. The van der Waals surface area contributed by atoms with E-state index in [1.54, 1.807) is 6.08 Å². The Morgan fingerprint density at radius 3 is 2.07 bits per heavy atom. The standard InChI is InChI=1S/C26H34N2/c27-19-3-6-23-13-17-26(18-14-23)25-15-11-22(12-16-25)5-2-1-4-21-7-9-24(20-28)10-8-21/h3,6-10,22-23,25-26H,1-2,4-5,11-18H2/b6-3+/t22-,23?,25-,26?. The van der Waals surface area contributed by atoms with Crippen molar-refractivity contribution >= 4 is 0 Å². The van der Waals surface area contributed by atoms with Crippen LogP contribution in [-0.2, 0) is 6.42 Å². The molecular formula is C26H34N2. The Labute approximate surface area is 171 Å². The molecule has 0 bridgehead atoms. The first-order chi connectivity index (χ1) is 13.8. The number of rotatable bonds is 7. The molecule has 0 saturated heterocycles. The van der Waals surface area contributed by atoms with Crippen LogP contribution in [0.15, 0.2) is 36.4 Å². The maximum absolute atomic E-state index is 8.87. The summed E-state index contributed by atoms with van der Waals surface area (Å²) in [7, 11) is 0. The number of aryl methyl sites for hydroxylation is 1. The first kappa shape index (κ1) is 20.7. The molecule has 3 rings (SSSR count). The molecule has 0 radical (unpaired) electrons. The summed E-state index contributed by atoms with van der Waals surface area (Å²) in [5.74, 6) is 3.52. The Bertz CT molecular complexity index is 687. The molecule has 148 valence electrons. The second-order valence-corrected chi connectivity index (χ2v) is 9.00. The molecule has 28 heavy (non-hydrogen) atoms. The highest BCUT2D eigenvalue weighted by Crippen LogP contribution is 2.42. The first-order valence-electron chi connectivity index (χ1n) is 11.3. The summed E-state index contributed by atoms with van der Waals surface area (Å²) in [6.07, 6.45) is 20.1. The van der Waals surface area contributed by atoms with E-state index < -0.39 is 0 Å². The molecule has 0 N–H and O–H groups in total. The van der Waals surface area contributed by atoms with Gasteiger partial charge in [0.25, 0.3) is 0 Å². The number of benzene rings is 1. The SMILES string of the molecule is N#C/C=C/C1CCC([C@H]2CC[C@H](CCCCc3ccc(C#N)cc3)CC2)CC1. The zero-order valence-corrected chi connectivity index (χ0v) is 17.2. The minimum atomic E-state index is 0.656. The van der Waals surface area contributed by atoms with Crippen molar-refractivity contribution in [2.45, 2.75) is 77.0 Å². The van der Waals surface area contributed by atoms with Crippen LogP contribution in [0.4, 0.5) is 0 Å². The largest absolute Gasteiger partial charge is 0.193 e. The molecule has 2 aliphatic rings. The Kier molecular flexibility index (Phi) is 8.17. The van der Waals surface area contributed by atoms with E-state index in [-0.39, 0.29) is 0 Å². The highest BCUT2D eigenvalue weighted by molar-refractivity contribution is 5.31. The van der Waals surface area contributed by atoms with Gasteiger partial charge in [0.2, 0.25) is 0 Å². The second kappa shape index (κ2) is 11.1. The van der Waals surface area contributed by atoms with Gasteiger partial charge in [-0.25, -0.2) is 0 Å². The fourth-order valence-corrected chi connectivity index (χ4v) is 5.44. The van der Waals surface area contributed by atoms with Crippen LogP contribution in [0.25, 0.3) is 0 Å². The maximum Gasteiger partial charge on any atom is 0.0991 e. The zero-order valence-electron chi connectivity index (χ0n) is 17.2. The summed E-state index contributed by atoms with van der Waals surface area (Å²) < 4.78 is 0. The van der Waals surface area contributed by atoms with Crippen molar-refractivity contribution in [2.24, 2.45) is 23.7 Å². The quantitative estimate of drug-likeness (QED) is 0.382. The molecule has 0 aromatic heterocycles. The third-order valence-electron chi connectivity index (χ3n) is 7.23. The van der Waals surface area contributed by atoms with Gasteiger partial charge in [-0.2, -0.15) is 10.5 Å². The van der Waals surface area contributed by atoms with E-state index in [9.17, 15) is 0 Å². The van der Waals surface area contributed by atoms with E-state index in [0.29, 0.717) is 5.92 Å². The summed E-state index contributed by atoms with van der Waals surface area (Å²) in [6, 6.07) is 12.4. The summed E-state index contributed by atoms with van der Waals surface area (Å²) >= 11 is 0. The smallest absolute Gasteiger partial charge is 0.0991 e. The summed E-state index contributed by atoms with van der Waals surface area (Å²) in [4.78, 5) is 0. The molecule has 0 atom stereocenters. The van der Waals surface area contributed by atoms with Gasteiger partial charge in [-0.05, 0) is 92.7 Å². The Morgan fingerprint density at radius 1 is 0.821 bits per heavy atom. The lowest BCUT2D eigenvalue weighted by Gasteiger charge is -2.37. The van der Waals surface area contributed by atoms with Gasteiger partial charge in [0.05, 0.1) is 17.7 Å². The molecule has 1 aromatic carbocycles. The molecule has 2 fully saturated rings. The monoisotopic (exact) mass is 374 g/mol. The van der Waals surface area contributed by atoms with E-state index in [2.05, 4.69) is 30.3 Å². The summed E-state index contributed by atoms with van der Waals surface area (Å²) in [5, 5.41) is 17.6. The van der Waals surface area contributed by atoms with Crippen LogP contribution in [0.3, 0.4) is 0 Å². The van der Waals surface area contributed by atoms with Gasteiger partial charge in [-0.3, -0.25) is 0 Å². The molecule has 2 heteroatoms. The minimum Gasteiger partial charge on any atom is -0.193 e. The molecule has 2 saturated carbocycles. The minimum absolute atomic E-state index is 0.656. The molecule has 0 aliphatic heterocycles. The topological polar surface area (TPSA) is 47.6 Å². The molecule has 0 unspecified atom stereocenters. The van der Waals surface area contributed by atoms with E-state index in [1.165, 1.54) is 76.2 Å². The van der Waals surface area contributed by atoms with Crippen LogP contribution in [0.1, 0.15) is 81.8 Å². The van der Waals surface area contributed by atoms with E-state index in [1.807, 2.05) is 12.1 Å². The Morgan fingerprint density at radius 2 is 1.46 bits per heavy atom. The van der Waals surface area contributed by atoms with Crippen LogP contribution >= 0.6 is 0 Å². The highest BCUT2D eigenvalue weighted by atomic mass is 14.4. The average Bonchev–Trinajstić information content (AvgIpc) is 2.76. The number of allylic oxidation sites excluding steroid dienone is 2. The van der Waals surface area contributed by atoms with E-state index >= 15 is 0 Å². The average molecular weight is 375 g/mol. The van der Waals surface area contributed by atoms with Crippen molar-refractivity contribution in [3.05, 3.63) is 47.5 Å². The van der Waals surface area contributed by atoms with Gasteiger partial charge in [-0.1, -0.05) is 43.9 Å². The molecule has 2 nitrogen and oxygen atoms in total. The normalized spacial score (nSPS) is 27.9. The van der Waals surface area contributed by atoms with Crippen LogP contribution in [0.2, 0.25) is 0 Å². The number of hydrogen-bond donors (Lipinski definition) is 0. The fraction of sp³-hybridized carbons (Fsp3) is 0.615. The van der Waals surface area contributed by atoms with Crippen molar-refractivity contribution in [1.29, 1.82) is 10.5 Å². The molecule has 0 heterocycles. The number of nitriles is 2. The third-order valence-corrected chi connectivity index (χ3v) is 7.23. The lowest BCUT2D eigenvalue weighted by atomic mass is 9.68. The van der Waals surface area contributed by atoms with Gasteiger partial charge >= 0.3 is 0 Å². The molecule has 2 aliphatic carbocycles. The van der Waals surface area contributed by atoms with Gasteiger partial charge < -0.3 is 0 Å². The fourth-order valence-electron chi connectivity index (χ4n) is 5.44. The Balaban J connectivity index is 1.29. The molecular weight excluding hydrogens is 340 g/mol. The van der Waals surface area contributed by atoms with Gasteiger partial charge in [0.15, 0.2) is 0 Å². The van der Waals surface area contributed by atoms with Crippen molar-refractivity contribution < 1.29 is 0 Å². The summed E-state index contributed by atoms with van der Waals surface area (Å²) in [6.45, 7) is 0. The summed E-state index contributed by atoms with van der Waals surface area (Å²) in [5.41, 5.74) is 2.12. The van der Waals surface area contributed by atoms with Crippen molar-refractivity contribution in [2.75, 3.05) is 0 Å².